The van der Waals surface area contributed by atoms with E-state index in [0.717, 1.165) is 16.7 Å². The number of hydrogen-bond acceptors (Lipinski definition) is 5. The highest BCUT2D eigenvalue weighted by Crippen LogP contribution is 2.25. The maximum absolute atomic E-state index is 12.4. The fourth-order valence-electron chi connectivity index (χ4n) is 2.84. The van der Waals surface area contributed by atoms with E-state index in [1.165, 1.54) is 21.9 Å². The largest absolute Gasteiger partial charge is 0.332 e. The van der Waals surface area contributed by atoms with Crippen molar-refractivity contribution in [1.29, 1.82) is 0 Å². The van der Waals surface area contributed by atoms with Gasteiger partial charge in [0.2, 0.25) is 4.96 Å². The number of benzene rings is 2. The minimum atomic E-state index is -0.410. The molecule has 0 aliphatic heterocycles. The lowest BCUT2D eigenvalue weighted by Gasteiger charge is -2.10. The van der Waals surface area contributed by atoms with Gasteiger partial charge in [0.1, 0.15) is 5.01 Å². The number of nitrogens with one attached hydrogen (secondary N) is 2. The van der Waals surface area contributed by atoms with Gasteiger partial charge in [0.15, 0.2) is 0 Å². The maximum Gasteiger partial charge on any atom is 0.319 e. The summed E-state index contributed by atoms with van der Waals surface area (Å²) in [5.41, 5.74) is 3.63. The van der Waals surface area contributed by atoms with Crippen molar-refractivity contribution >= 4 is 39.6 Å². The van der Waals surface area contributed by atoms with Crippen molar-refractivity contribution in [1.82, 2.24) is 19.9 Å². The molecule has 0 saturated heterocycles. The quantitative estimate of drug-likeness (QED) is 0.493. The number of fused-ring (bicyclic) bond motifs is 1. The van der Waals surface area contributed by atoms with Crippen LogP contribution in [0.25, 0.3) is 15.5 Å². The van der Waals surface area contributed by atoms with Crippen molar-refractivity contribution in [2.75, 3.05) is 5.32 Å². The summed E-state index contributed by atoms with van der Waals surface area (Å²) in [6.45, 7) is 3.94. The van der Waals surface area contributed by atoms with Gasteiger partial charge in [0.05, 0.1) is 12.2 Å². The van der Waals surface area contributed by atoms with E-state index in [0.29, 0.717) is 26.4 Å². The lowest BCUT2D eigenvalue weighted by Crippen LogP contribution is -2.29. The molecule has 0 bridgehead atoms. The van der Waals surface area contributed by atoms with Crippen molar-refractivity contribution in [2.24, 2.45) is 0 Å². The second-order valence-electron chi connectivity index (χ2n) is 6.77. The molecule has 30 heavy (non-hydrogen) atoms. The van der Waals surface area contributed by atoms with E-state index in [2.05, 4.69) is 20.7 Å². The molecule has 9 heteroatoms. The number of urea groups is 1. The monoisotopic (exact) mass is 439 g/mol. The summed E-state index contributed by atoms with van der Waals surface area (Å²) >= 11 is 7.40. The number of aromatic nitrogens is 3. The van der Waals surface area contributed by atoms with Crippen LogP contribution >= 0.6 is 22.9 Å². The van der Waals surface area contributed by atoms with Crippen LogP contribution in [0.4, 0.5) is 10.5 Å². The molecule has 7 nitrogen and oxygen atoms in total. The number of halogens is 1. The first kappa shape index (κ1) is 20.1. The third-order valence-corrected chi connectivity index (χ3v) is 5.91. The zero-order chi connectivity index (χ0) is 21.3. The number of nitrogens with zero attached hydrogens (tertiary/aromatic N) is 3. The molecule has 2 heterocycles. The first-order valence-electron chi connectivity index (χ1n) is 9.17. The number of amides is 2. The number of rotatable bonds is 4. The Morgan fingerprint density at radius 2 is 1.93 bits per heavy atom. The second-order valence-corrected chi connectivity index (χ2v) is 8.14. The van der Waals surface area contributed by atoms with Crippen LogP contribution < -0.4 is 16.2 Å². The van der Waals surface area contributed by atoms with Gasteiger partial charge in [-0.25, -0.2) is 9.78 Å². The van der Waals surface area contributed by atoms with E-state index in [1.54, 1.807) is 18.2 Å². The Bertz CT molecular complexity index is 1300. The molecule has 2 aromatic heterocycles. The fraction of sp³-hybridized carbons (Fsp3) is 0.143. The highest BCUT2D eigenvalue weighted by molar-refractivity contribution is 7.19. The first-order valence-corrected chi connectivity index (χ1v) is 10.4. The molecule has 0 saturated carbocycles. The van der Waals surface area contributed by atoms with Gasteiger partial charge in [0, 0.05) is 22.3 Å². The predicted molar refractivity (Wildman–Crippen MR) is 119 cm³/mol. The van der Waals surface area contributed by atoms with E-state index < -0.39 is 6.03 Å². The summed E-state index contributed by atoms with van der Waals surface area (Å²) in [7, 11) is 0. The number of aryl methyl sites for hydroxylation is 1. The van der Waals surface area contributed by atoms with Gasteiger partial charge in [-0.15, -0.1) is 0 Å². The first-order chi connectivity index (χ1) is 14.4. The van der Waals surface area contributed by atoms with Crippen LogP contribution in [0.5, 0.6) is 0 Å². The van der Waals surface area contributed by atoms with E-state index in [9.17, 15) is 9.59 Å². The normalized spacial score (nSPS) is 10.9. The molecule has 0 aliphatic rings. The molecule has 0 aliphatic carbocycles. The van der Waals surface area contributed by atoms with Crippen molar-refractivity contribution in [3.05, 3.63) is 80.7 Å². The minimum absolute atomic E-state index is 0.106. The van der Waals surface area contributed by atoms with Crippen LogP contribution in [0.15, 0.2) is 53.3 Å². The smallest absolute Gasteiger partial charge is 0.319 e. The Morgan fingerprint density at radius 1 is 1.17 bits per heavy atom. The third-order valence-electron chi connectivity index (χ3n) is 4.54. The van der Waals surface area contributed by atoms with Crippen molar-refractivity contribution in [3.63, 3.8) is 0 Å². The van der Waals surface area contributed by atoms with E-state index in [-0.39, 0.29) is 12.1 Å². The van der Waals surface area contributed by atoms with Crippen molar-refractivity contribution < 1.29 is 4.79 Å². The summed E-state index contributed by atoms with van der Waals surface area (Å²) in [5.74, 6) is 0. The zero-order valence-corrected chi connectivity index (χ0v) is 17.8. The fourth-order valence-corrected chi connectivity index (χ4v) is 3.94. The molecule has 2 aromatic carbocycles. The molecule has 4 rings (SSSR count). The van der Waals surface area contributed by atoms with Gasteiger partial charge >= 0.3 is 6.03 Å². The Hall–Kier alpha value is -3.23. The maximum atomic E-state index is 12.4. The van der Waals surface area contributed by atoms with Crippen molar-refractivity contribution in [3.8, 4) is 10.6 Å². The molecule has 0 atom stereocenters. The van der Waals surface area contributed by atoms with Crippen LogP contribution in [0.2, 0.25) is 5.02 Å². The molecule has 0 unspecified atom stereocenters. The van der Waals surface area contributed by atoms with Gasteiger partial charge in [-0.2, -0.15) is 9.61 Å². The van der Waals surface area contributed by atoms with Gasteiger partial charge < -0.3 is 10.6 Å². The number of anilines is 1. The highest BCUT2D eigenvalue weighted by Gasteiger charge is 2.12. The molecule has 2 N–H and O–H groups in total. The average Bonchev–Trinajstić information content (AvgIpc) is 3.15. The van der Waals surface area contributed by atoms with Gasteiger partial charge in [-0.3, -0.25) is 4.79 Å². The summed E-state index contributed by atoms with van der Waals surface area (Å²) < 4.78 is 1.28. The molecule has 0 radical (unpaired) electrons. The Morgan fingerprint density at radius 3 is 2.70 bits per heavy atom. The van der Waals surface area contributed by atoms with Gasteiger partial charge in [-0.05, 0) is 31.5 Å². The van der Waals surface area contributed by atoms with Crippen LogP contribution in [0.3, 0.4) is 0 Å². The Kier molecular flexibility index (Phi) is 5.52. The lowest BCUT2D eigenvalue weighted by molar-refractivity contribution is 0.251. The van der Waals surface area contributed by atoms with Gasteiger partial charge in [0.25, 0.3) is 5.56 Å². The number of carbonyl (C=O) groups excluding carboxylic acids is 1. The molecule has 2 amide bonds. The lowest BCUT2D eigenvalue weighted by atomic mass is 10.2. The standard InChI is InChI=1S/C21H18ClN5O2S/c1-12-6-8-14(9-7-12)19-26-27-18(28)10-15(24-21(27)30-19)11-23-20(29)25-17-5-3-4-16(22)13(17)2/h3-10H,11H2,1-2H3,(H2,23,25,29). The topological polar surface area (TPSA) is 88.4 Å². The summed E-state index contributed by atoms with van der Waals surface area (Å²) in [5, 5.41) is 11.1. The number of hydrogen-bond donors (Lipinski definition) is 2. The van der Waals surface area contributed by atoms with E-state index in [4.69, 9.17) is 11.6 Å². The van der Waals surface area contributed by atoms with Gasteiger partial charge in [-0.1, -0.05) is 58.8 Å². The third kappa shape index (κ3) is 4.19. The summed E-state index contributed by atoms with van der Waals surface area (Å²) in [6, 6.07) is 14.2. The van der Waals surface area contributed by atoms with Crippen LogP contribution in [0.1, 0.15) is 16.8 Å². The van der Waals surface area contributed by atoms with Crippen LogP contribution in [-0.2, 0) is 6.54 Å². The SMILES string of the molecule is Cc1ccc(-c2nn3c(=O)cc(CNC(=O)Nc4cccc(Cl)c4C)nc3s2)cc1. The average molecular weight is 440 g/mol. The second kappa shape index (κ2) is 8.25. The van der Waals surface area contributed by atoms with E-state index >= 15 is 0 Å². The van der Waals surface area contributed by atoms with Crippen LogP contribution in [-0.4, -0.2) is 20.6 Å². The molecule has 152 valence electrons. The molecule has 0 fully saturated rings. The minimum Gasteiger partial charge on any atom is -0.332 e. The number of carbonyl (C=O) groups is 1. The zero-order valence-electron chi connectivity index (χ0n) is 16.3. The molecular weight excluding hydrogens is 422 g/mol. The Labute approximate surface area is 181 Å². The summed E-state index contributed by atoms with van der Waals surface area (Å²) in [6.07, 6.45) is 0. The van der Waals surface area contributed by atoms with E-state index in [1.807, 2.05) is 38.1 Å². The summed E-state index contributed by atoms with van der Waals surface area (Å²) in [4.78, 5) is 29.6. The molecule has 0 spiro atoms. The predicted octanol–water partition coefficient (Wildman–Crippen LogP) is 4.41. The highest BCUT2D eigenvalue weighted by atomic mass is 35.5. The molecule has 4 aromatic rings. The Balaban J connectivity index is 1.50. The van der Waals surface area contributed by atoms with Crippen molar-refractivity contribution in [2.45, 2.75) is 20.4 Å². The molecular formula is C21H18ClN5O2S. The van der Waals surface area contributed by atoms with Crippen LogP contribution in [0, 0.1) is 13.8 Å².